The summed E-state index contributed by atoms with van der Waals surface area (Å²) in [5, 5.41) is 4.11. The Morgan fingerprint density at radius 3 is 2.95 bits per heavy atom. The summed E-state index contributed by atoms with van der Waals surface area (Å²) in [6.45, 7) is 0. The van der Waals surface area contributed by atoms with Crippen molar-refractivity contribution in [3.05, 3.63) is 57.3 Å². The Morgan fingerprint density at radius 2 is 2.15 bits per heavy atom. The van der Waals surface area contributed by atoms with E-state index in [4.69, 9.17) is 11.6 Å². The van der Waals surface area contributed by atoms with Crippen molar-refractivity contribution < 1.29 is 4.39 Å². The second-order valence-electron chi connectivity index (χ2n) is 4.62. The first kappa shape index (κ1) is 14.2. The van der Waals surface area contributed by atoms with E-state index in [1.807, 2.05) is 24.3 Å². The van der Waals surface area contributed by atoms with Gasteiger partial charge in [-0.15, -0.1) is 11.8 Å². The topological polar surface area (TPSA) is 12.0 Å². The van der Waals surface area contributed by atoms with E-state index in [0.29, 0.717) is 5.02 Å². The smallest absolute Gasteiger partial charge is 0.137 e. The maximum absolute atomic E-state index is 13.8. The van der Waals surface area contributed by atoms with E-state index in [2.05, 4.69) is 21.2 Å². The second kappa shape index (κ2) is 5.96. The minimum absolute atomic E-state index is 0.124. The molecule has 0 radical (unpaired) electrons. The van der Waals surface area contributed by atoms with Gasteiger partial charge < -0.3 is 5.32 Å². The zero-order chi connectivity index (χ0) is 14.1. The lowest BCUT2D eigenvalue weighted by atomic mass is 10.0. The Balaban J connectivity index is 1.89. The zero-order valence-corrected chi connectivity index (χ0v) is 13.7. The Bertz CT molecular complexity index is 650. The molecular formula is C15H12BrClFNS. The molecule has 0 fully saturated rings. The summed E-state index contributed by atoms with van der Waals surface area (Å²) in [5.41, 5.74) is 1.98. The highest BCUT2D eigenvalue weighted by Gasteiger charge is 2.23. The van der Waals surface area contributed by atoms with Crippen LogP contribution in [0.5, 0.6) is 0 Å². The van der Waals surface area contributed by atoms with Gasteiger partial charge in [-0.1, -0.05) is 23.7 Å². The molecule has 1 unspecified atom stereocenters. The second-order valence-corrected chi connectivity index (χ2v) is 6.99. The molecule has 20 heavy (non-hydrogen) atoms. The molecule has 1 aliphatic heterocycles. The van der Waals surface area contributed by atoms with Crippen LogP contribution in [0.2, 0.25) is 5.02 Å². The number of fused-ring (bicyclic) bond motifs is 1. The van der Waals surface area contributed by atoms with E-state index in [1.165, 1.54) is 6.07 Å². The number of anilines is 1. The lowest BCUT2D eigenvalue weighted by molar-refractivity contribution is 0.585. The first-order valence-electron chi connectivity index (χ1n) is 6.28. The molecular weight excluding hydrogens is 361 g/mol. The van der Waals surface area contributed by atoms with Crippen molar-refractivity contribution in [1.29, 1.82) is 0 Å². The lowest BCUT2D eigenvalue weighted by Gasteiger charge is -2.27. The van der Waals surface area contributed by atoms with Crippen molar-refractivity contribution in [1.82, 2.24) is 0 Å². The van der Waals surface area contributed by atoms with E-state index in [9.17, 15) is 4.39 Å². The molecule has 0 aliphatic carbocycles. The normalized spacial score (nSPS) is 17.6. The summed E-state index contributed by atoms with van der Waals surface area (Å²) in [7, 11) is 0. The molecule has 1 aliphatic rings. The number of rotatable bonds is 2. The Labute approximate surface area is 135 Å². The monoisotopic (exact) mass is 371 g/mol. The molecule has 3 rings (SSSR count). The summed E-state index contributed by atoms with van der Waals surface area (Å²) in [6, 6.07) is 11.2. The molecule has 0 amide bonds. The molecule has 2 aromatic carbocycles. The van der Waals surface area contributed by atoms with Crippen LogP contribution in [0.25, 0.3) is 0 Å². The van der Waals surface area contributed by atoms with Crippen molar-refractivity contribution in [2.24, 2.45) is 0 Å². The Hall–Kier alpha value is -0.710. The standard InChI is InChI=1S/C15H12BrClFNS/c16-11-5-4-9(8-12(11)17)19-14-6-7-20-15-10(14)2-1-3-13(15)18/h1-5,8,14,19H,6-7H2. The summed E-state index contributed by atoms with van der Waals surface area (Å²) in [5.74, 6) is 0.781. The molecule has 2 aromatic rings. The molecule has 0 saturated heterocycles. The molecule has 1 atom stereocenters. The maximum Gasteiger partial charge on any atom is 0.137 e. The molecule has 1 heterocycles. The van der Waals surface area contributed by atoms with Crippen molar-refractivity contribution in [2.45, 2.75) is 17.4 Å². The summed E-state index contributed by atoms with van der Waals surface area (Å²) >= 11 is 11.1. The number of hydrogen-bond donors (Lipinski definition) is 1. The van der Waals surface area contributed by atoms with E-state index < -0.39 is 0 Å². The van der Waals surface area contributed by atoms with E-state index in [-0.39, 0.29) is 11.9 Å². The highest BCUT2D eigenvalue weighted by atomic mass is 79.9. The van der Waals surface area contributed by atoms with Gasteiger partial charge in [0, 0.05) is 20.8 Å². The lowest BCUT2D eigenvalue weighted by Crippen LogP contribution is -2.16. The molecule has 0 aromatic heterocycles. The number of benzene rings is 2. The molecule has 0 spiro atoms. The van der Waals surface area contributed by atoms with Crippen molar-refractivity contribution in [2.75, 3.05) is 11.1 Å². The first-order chi connectivity index (χ1) is 9.65. The number of thioether (sulfide) groups is 1. The quantitative estimate of drug-likeness (QED) is 0.705. The molecule has 0 bridgehead atoms. The largest absolute Gasteiger partial charge is 0.378 e. The Kier molecular flexibility index (Phi) is 4.24. The zero-order valence-electron chi connectivity index (χ0n) is 10.5. The fourth-order valence-corrected chi connectivity index (χ4v) is 3.89. The third-order valence-corrected chi connectivity index (χ3v) is 5.68. The first-order valence-corrected chi connectivity index (χ1v) is 8.43. The predicted molar refractivity (Wildman–Crippen MR) is 87.3 cm³/mol. The van der Waals surface area contributed by atoms with Gasteiger partial charge in [-0.2, -0.15) is 0 Å². The number of halogens is 3. The van der Waals surface area contributed by atoms with Crippen LogP contribution in [0.1, 0.15) is 18.0 Å². The van der Waals surface area contributed by atoms with Gasteiger partial charge in [0.25, 0.3) is 0 Å². The van der Waals surface area contributed by atoms with Crippen LogP contribution in [-0.4, -0.2) is 5.75 Å². The fraction of sp³-hybridized carbons (Fsp3) is 0.200. The van der Waals surface area contributed by atoms with Crippen LogP contribution in [0.4, 0.5) is 10.1 Å². The number of hydrogen-bond acceptors (Lipinski definition) is 2. The van der Waals surface area contributed by atoms with Gasteiger partial charge in [0.2, 0.25) is 0 Å². The minimum Gasteiger partial charge on any atom is -0.378 e. The van der Waals surface area contributed by atoms with Crippen LogP contribution >= 0.6 is 39.3 Å². The maximum atomic E-state index is 13.8. The van der Waals surface area contributed by atoms with Crippen LogP contribution in [-0.2, 0) is 0 Å². The fourth-order valence-electron chi connectivity index (χ4n) is 2.32. The third kappa shape index (κ3) is 2.83. The third-order valence-electron chi connectivity index (χ3n) is 3.29. The van der Waals surface area contributed by atoms with Gasteiger partial charge in [-0.05, 0) is 52.2 Å². The van der Waals surface area contributed by atoms with Crippen molar-refractivity contribution in [3.8, 4) is 0 Å². The molecule has 0 saturated carbocycles. The van der Waals surface area contributed by atoms with Crippen LogP contribution in [0, 0.1) is 5.82 Å². The molecule has 1 nitrogen and oxygen atoms in total. The average Bonchev–Trinajstić information content (AvgIpc) is 2.44. The van der Waals surface area contributed by atoms with Crippen molar-refractivity contribution >= 4 is 45.0 Å². The predicted octanol–water partition coefficient (Wildman–Crippen LogP) is 5.89. The highest BCUT2D eigenvalue weighted by molar-refractivity contribution is 9.10. The van der Waals surface area contributed by atoms with Gasteiger partial charge in [0.05, 0.1) is 11.1 Å². The van der Waals surface area contributed by atoms with E-state index >= 15 is 0 Å². The van der Waals surface area contributed by atoms with Gasteiger partial charge in [-0.25, -0.2) is 4.39 Å². The van der Waals surface area contributed by atoms with Gasteiger partial charge in [0.1, 0.15) is 5.82 Å². The van der Waals surface area contributed by atoms with Crippen LogP contribution < -0.4 is 5.32 Å². The van der Waals surface area contributed by atoms with Crippen molar-refractivity contribution in [3.63, 3.8) is 0 Å². The number of nitrogens with one attached hydrogen (secondary N) is 1. The summed E-state index contributed by atoms with van der Waals surface area (Å²) in [4.78, 5) is 0.763. The van der Waals surface area contributed by atoms with Crippen LogP contribution in [0.3, 0.4) is 0 Å². The average molecular weight is 373 g/mol. The molecule has 5 heteroatoms. The summed E-state index contributed by atoms with van der Waals surface area (Å²) in [6.07, 6.45) is 0.967. The van der Waals surface area contributed by atoms with Gasteiger partial charge >= 0.3 is 0 Å². The summed E-state index contributed by atoms with van der Waals surface area (Å²) < 4.78 is 14.7. The van der Waals surface area contributed by atoms with Gasteiger partial charge in [0.15, 0.2) is 0 Å². The SMILES string of the molecule is Fc1cccc2c1SCCC2Nc1ccc(Br)c(Cl)c1. The molecule has 1 N–H and O–H groups in total. The van der Waals surface area contributed by atoms with Gasteiger partial charge in [-0.3, -0.25) is 0 Å². The highest BCUT2D eigenvalue weighted by Crippen LogP contribution is 2.39. The molecule has 104 valence electrons. The minimum atomic E-state index is -0.132. The van der Waals surface area contributed by atoms with Crippen LogP contribution in [0.15, 0.2) is 45.8 Å². The van der Waals surface area contributed by atoms with E-state index in [1.54, 1.807) is 17.8 Å². The van der Waals surface area contributed by atoms with E-state index in [0.717, 1.165) is 32.8 Å². The Morgan fingerprint density at radius 1 is 1.30 bits per heavy atom.